The first-order valence-electron chi connectivity index (χ1n) is 7.58. The SMILES string of the molecule is CC(=O)[C@H]1C(c2ccccc2)=NN(c2ccccc2)[C@@H]1C(C)=O. The third-order valence-electron chi connectivity index (χ3n) is 4.03. The Morgan fingerprint density at radius 3 is 1.96 bits per heavy atom. The van der Waals surface area contributed by atoms with Gasteiger partial charge in [0.1, 0.15) is 11.8 Å². The number of carbonyl (C=O) groups excluding carboxylic acids is 2. The summed E-state index contributed by atoms with van der Waals surface area (Å²) in [6, 6.07) is 18.5. The van der Waals surface area contributed by atoms with E-state index in [0.29, 0.717) is 5.71 Å². The van der Waals surface area contributed by atoms with Gasteiger partial charge in [0, 0.05) is 0 Å². The number of hydrogen-bond acceptors (Lipinski definition) is 4. The zero-order valence-corrected chi connectivity index (χ0v) is 13.1. The van der Waals surface area contributed by atoms with Crippen LogP contribution in [0, 0.1) is 5.92 Å². The first-order valence-corrected chi connectivity index (χ1v) is 7.58. The van der Waals surface area contributed by atoms with E-state index in [4.69, 9.17) is 0 Å². The van der Waals surface area contributed by atoms with Gasteiger partial charge < -0.3 is 0 Å². The molecule has 0 fully saturated rings. The van der Waals surface area contributed by atoms with Crippen LogP contribution >= 0.6 is 0 Å². The maximum absolute atomic E-state index is 12.3. The molecule has 2 aromatic carbocycles. The van der Waals surface area contributed by atoms with Crippen LogP contribution in [0.25, 0.3) is 0 Å². The average Bonchev–Trinajstić information content (AvgIpc) is 2.97. The summed E-state index contributed by atoms with van der Waals surface area (Å²) in [5.41, 5.74) is 2.34. The van der Waals surface area contributed by atoms with Gasteiger partial charge >= 0.3 is 0 Å². The molecule has 4 nitrogen and oxygen atoms in total. The minimum atomic E-state index is -0.592. The second-order valence-corrected chi connectivity index (χ2v) is 5.68. The standard InChI is InChI=1S/C19H18N2O2/c1-13(22)17-18(15-9-5-3-6-10-15)20-21(19(17)14(2)23)16-11-7-4-8-12-16/h3-12,17,19H,1-2H3/t17-,19+/m0/s1. The normalized spacial score (nSPS) is 20.3. The maximum Gasteiger partial charge on any atom is 0.155 e. The van der Waals surface area contributed by atoms with E-state index in [9.17, 15) is 9.59 Å². The second kappa shape index (κ2) is 6.16. The molecule has 4 heteroatoms. The van der Waals surface area contributed by atoms with E-state index in [-0.39, 0.29) is 11.6 Å². The van der Waals surface area contributed by atoms with Crippen molar-refractivity contribution in [3.8, 4) is 0 Å². The molecule has 0 N–H and O–H groups in total. The Morgan fingerprint density at radius 2 is 1.43 bits per heavy atom. The van der Waals surface area contributed by atoms with Crippen LogP contribution in [0.1, 0.15) is 19.4 Å². The molecule has 1 aliphatic rings. The van der Waals surface area contributed by atoms with E-state index in [1.807, 2.05) is 60.7 Å². The molecule has 0 aromatic heterocycles. The fraction of sp³-hybridized carbons (Fsp3) is 0.211. The van der Waals surface area contributed by atoms with Crippen molar-refractivity contribution < 1.29 is 9.59 Å². The first kappa shape index (κ1) is 15.2. The molecule has 0 saturated heterocycles. The minimum Gasteiger partial charge on any atom is -0.299 e. The van der Waals surface area contributed by atoms with Crippen LogP contribution < -0.4 is 5.01 Å². The summed E-state index contributed by atoms with van der Waals surface area (Å²) in [6.45, 7) is 3.04. The van der Waals surface area contributed by atoms with Gasteiger partial charge in [-0.1, -0.05) is 48.5 Å². The molecule has 0 saturated carbocycles. The highest BCUT2D eigenvalue weighted by Crippen LogP contribution is 2.32. The number of ketones is 2. The number of hydrogen-bond donors (Lipinski definition) is 0. The van der Waals surface area contributed by atoms with Crippen molar-refractivity contribution >= 4 is 23.0 Å². The summed E-state index contributed by atoms with van der Waals surface area (Å²) < 4.78 is 0. The lowest BCUT2D eigenvalue weighted by molar-refractivity contribution is -0.124. The molecule has 3 rings (SSSR count). The highest BCUT2D eigenvalue weighted by Gasteiger charge is 2.44. The van der Waals surface area contributed by atoms with Crippen LogP contribution in [0.5, 0.6) is 0 Å². The number of nitrogens with zero attached hydrogens (tertiary/aromatic N) is 2. The molecule has 1 heterocycles. The molecular formula is C19H18N2O2. The molecule has 0 spiro atoms. The van der Waals surface area contributed by atoms with Gasteiger partial charge in [-0.2, -0.15) is 5.10 Å². The van der Waals surface area contributed by atoms with E-state index in [0.717, 1.165) is 11.3 Å². The van der Waals surface area contributed by atoms with E-state index in [1.165, 1.54) is 13.8 Å². The topological polar surface area (TPSA) is 49.7 Å². The minimum absolute atomic E-state index is 0.0498. The third-order valence-corrected chi connectivity index (χ3v) is 4.03. The van der Waals surface area contributed by atoms with E-state index < -0.39 is 12.0 Å². The summed E-state index contributed by atoms with van der Waals surface area (Å²) >= 11 is 0. The van der Waals surface area contributed by atoms with Crippen molar-refractivity contribution in [1.29, 1.82) is 0 Å². The number of Topliss-reactive ketones (excluding diaryl/α,β-unsaturated/α-hetero) is 2. The van der Waals surface area contributed by atoms with Crippen LogP contribution in [0.2, 0.25) is 0 Å². The van der Waals surface area contributed by atoms with Crippen molar-refractivity contribution in [2.24, 2.45) is 11.0 Å². The van der Waals surface area contributed by atoms with Crippen molar-refractivity contribution in [3.63, 3.8) is 0 Å². The van der Waals surface area contributed by atoms with Crippen molar-refractivity contribution in [1.82, 2.24) is 0 Å². The fourth-order valence-corrected chi connectivity index (χ4v) is 3.00. The smallest absolute Gasteiger partial charge is 0.155 e. The summed E-state index contributed by atoms with van der Waals surface area (Å²) in [5.74, 6) is -0.662. The lowest BCUT2D eigenvalue weighted by atomic mass is 9.86. The highest BCUT2D eigenvalue weighted by atomic mass is 16.1. The van der Waals surface area contributed by atoms with Crippen LogP contribution in [0.15, 0.2) is 65.8 Å². The number of hydrazone groups is 1. The van der Waals surface area contributed by atoms with Crippen molar-refractivity contribution in [2.45, 2.75) is 19.9 Å². The summed E-state index contributed by atoms with van der Waals surface area (Å²) in [7, 11) is 0. The third kappa shape index (κ3) is 2.80. The fourth-order valence-electron chi connectivity index (χ4n) is 3.00. The second-order valence-electron chi connectivity index (χ2n) is 5.68. The predicted octanol–water partition coefficient (Wildman–Crippen LogP) is 3.07. The predicted molar refractivity (Wildman–Crippen MR) is 90.5 cm³/mol. The Kier molecular flexibility index (Phi) is 4.06. The number of carbonyl (C=O) groups is 2. The Balaban J connectivity index is 2.13. The van der Waals surface area contributed by atoms with Gasteiger partial charge in [0.15, 0.2) is 5.78 Å². The van der Waals surface area contributed by atoms with E-state index >= 15 is 0 Å². The molecule has 2 aromatic rings. The Hall–Kier alpha value is -2.75. The Morgan fingerprint density at radius 1 is 0.870 bits per heavy atom. The van der Waals surface area contributed by atoms with Gasteiger partial charge in [-0.25, -0.2) is 0 Å². The lowest BCUT2D eigenvalue weighted by Crippen LogP contribution is -2.42. The molecular weight excluding hydrogens is 288 g/mol. The molecule has 2 atom stereocenters. The number of para-hydroxylation sites is 1. The van der Waals surface area contributed by atoms with E-state index in [2.05, 4.69) is 5.10 Å². The summed E-state index contributed by atoms with van der Waals surface area (Å²) in [6.07, 6.45) is 0. The van der Waals surface area contributed by atoms with Crippen LogP contribution in [0.3, 0.4) is 0 Å². The monoisotopic (exact) mass is 306 g/mol. The van der Waals surface area contributed by atoms with Gasteiger partial charge in [0.05, 0.1) is 17.3 Å². The molecule has 0 aliphatic carbocycles. The molecule has 116 valence electrons. The molecule has 0 amide bonds. The quantitative estimate of drug-likeness (QED) is 0.872. The Labute approximate surface area is 135 Å². The first-order chi connectivity index (χ1) is 11.1. The zero-order valence-electron chi connectivity index (χ0n) is 13.1. The lowest BCUT2D eigenvalue weighted by Gasteiger charge is -2.24. The number of anilines is 1. The van der Waals surface area contributed by atoms with Gasteiger partial charge in [-0.15, -0.1) is 0 Å². The number of benzene rings is 2. The van der Waals surface area contributed by atoms with Crippen LogP contribution in [0.4, 0.5) is 5.69 Å². The van der Waals surface area contributed by atoms with E-state index in [1.54, 1.807) is 5.01 Å². The molecule has 0 unspecified atom stereocenters. The average molecular weight is 306 g/mol. The molecule has 23 heavy (non-hydrogen) atoms. The summed E-state index contributed by atoms with van der Waals surface area (Å²) in [4.78, 5) is 24.5. The molecule has 0 radical (unpaired) electrons. The van der Waals surface area contributed by atoms with Gasteiger partial charge in [-0.05, 0) is 31.5 Å². The summed E-state index contributed by atoms with van der Waals surface area (Å²) in [5, 5.41) is 6.32. The van der Waals surface area contributed by atoms with Gasteiger partial charge in [0.2, 0.25) is 0 Å². The molecule has 0 bridgehead atoms. The Bertz CT molecular complexity index is 753. The van der Waals surface area contributed by atoms with Gasteiger partial charge in [-0.3, -0.25) is 14.6 Å². The number of rotatable bonds is 4. The van der Waals surface area contributed by atoms with Crippen molar-refractivity contribution in [3.05, 3.63) is 66.2 Å². The largest absolute Gasteiger partial charge is 0.299 e. The van der Waals surface area contributed by atoms with Crippen LogP contribution in [-0.4, -0.2) is 23.3 Å². The van der Waals surface area contributed by atoms with Gasteiger partial charge in [0.25, 0.3) is 0 Å². The maximum atomic E-state index is 12.3. The van der Waals surface area contributed by atoms with Crippen molar-refractivity contribution in [2.75, 3.05) is 5.01 Å². The van der Waals surface area contributed by atoms with Crippen LogP contribution in [-0.2, 0) is 9.59 Å². The molecule has 1 aliphatic heterocycles. The zero-order chi connectivity index (χ0) is 16.4. The highest BCUT2D eigenvalue weighted by molar-refractivity contribution is 6.18.